The van der Waals surface area contributed by atoms with Gasteiger partial charge in [0.2, 0.25) is 0 Å². The van der Waals surface area contributed by atoms with Gasteiger partial charge >= 0.3 is 0 Å². The Balaban J connectivity index is 1.71. The van der Waals surface area contributed by atoms with E-state index in [0.29, 0.717) is 0 Å². The van der Waals surface area contributed by atoms with Crippen molar-refractivity contribution in [1.82, 2.24) is 4.90 Å². The van der Waals surface area contributed by atoms with Crippen molar-refractivity contribution in [3.05, 3.63) is 29.8 Å². The van der Waals surface area contributed by atoms with E-state index in [1.807, 2.05) is 0 Å². The Hall–Kier alpha value is -1.02. The van der Waals surface area contributed by atoms with E-state index in [1.54, 1.807) is 0 Å². The van der Waals surface area contributed by atoms with Crippen LogP contribution in [-0.4, -0.2) is 31.1 Å². The average Bonchev–Trinajstić information content (AvgIpc) is 2.82. The quantitative estimate of drug-likeness (QED) is 0.838. The van der Waals surface area contributed by atoms with E-state index in [4.69, 9.17) is 0 Å². The molecule has 0 amide bonds. The summed E-state index contributed by atoms with van der Waals surface area (Å²) in [5, 5.41) is 3.50. The van der Waals surface area contributed by atoms with E-state index >= 15 is 0 Å². The van der Waals surface area contributed by atoms with Crippen LogP contribution in [0.25, 0.3) is 0 Å². The maximum Gasteiger partial charge on any atom is 0.0343 e. The second-order valence-electron chi connectivity index (χ2n) is 5.22. The highest BCUT2D eigenvalue weighted by atomic mass is 15.1. The van der Waals surface area contributed by atoms with E-state index in [0.717, 1.165) is 19.1 Å². The molecule has 0 spiro atoms. The summed E-state index contributed by atoms with van der Waals surface area (Å²) in [5.74, 6) is 0. The minimum Gasteiger partial charge on any atom is -0.384 e. The maximum absolute atomic E-state index is 3.50. The molecule has 1 saturated carbocycles. The Morgan fingerprint density at radius 1 is 1.29 bits per heavy atom. The van der Waals surface area contributed by atoms with Gasteiger partial charge in [0.15, 0.2) is 0 Å². The highest BCUT2D eigenvalue weighted by Crippen LogP contribution is 2.22. The third-order valence-electron chi connectivity index (χ3n) is 3.76. The van der Waals surface area contributed by atoms with Gasteiger partial charge in [0.1, 0.15) is 0 Å². The zero-order chi connectivity index (χ0) is 12.1. The van der Waals surface area contributed by atoms with Gasteiger partial charge in [0, 0.05) is 24.8 Å². The number of nitrogens with zero attached hydrogens (tertiary/aromatic N) is 1. The van der Waals surface area contributed by atoms with Crippen LogP contribution in [0.1, 0.15) is 31.2 Å². The van der Waals surface area contributed by atoms with Crippen LogP contribution in [0.15, 0.2) is 24.3 Å². The van der Waals surface area contributed by atoms with Crippen molar-refractivity contribution in [3.8, 4) is 0 Å². The van der Waals surface area contributed by atoms with Crippen molar-refractivity contribution in [2.75, 3.05) is 25.5 Å². The van der Waals surface area contributed by atoms with Gasteiger partial charge in [-0.25, -0.2) is 0 Å². The Kier molecular flexibility index (Phi) is 4.43. The first-order chi connectivity index (χ1) is 8.25. The second kappa shape index (κ2) is 6.06. The van der Waals surface area contributed by atoms with Crippen LogP contribution in [0, 0.1) is 6.92 Å². The number of aryl methyl sites for hydroxylation is 1. The van der Waals surface area contributed by atoms with Gasteiger partial charge in [-0.3, -0.25) is 0 Å². The molecule has 1 N–H and O–H groups in total. The molecule has 0 heterocycles. The third-order valence-corrected chi connectivity index (χ3v) is 3.76. The van der Waals surface area contributed by atoms with Crippen LogP contribution in [-0.2, 0) is 0 Å². The van der Waals surface area contributed by atoms with Gasteiger partial charge in [-0.1, -0.05) is 25.0 Å². The number of nitrogens with one attached hydrogen (secondary N) is 1. The highest BCUT2D eigenvalue weighted by molar-refractivity contribution is 5.45. The summed E-state index contributed by atoms with van der Waals surface area (Å²) in [6.45, 7) is 4.31. The lowest BCUT2D eigenvalue weighted by Gasteiger charge is -2.24. The molecule has 1 aromatic rings. The molecule has 1 aliphatic carbocycles. The predicted octanol–water partition coefficient (Wildman–Crippen LogP) is 3.28. The molecule has 0 aliphatic heterocycles. The van der Waals surface area contributed by atoms with Crippen LogP contribution in [0.2, 0.25) is 0 Å². The van der Waals surface area contributed by atoms with Crippen molar-refractivity contribution in [3.63, 3.8) is 0 Å². The average molecular weight is 232 g/mol. The standard InChI is InChI=1S/C15H24N2/c1-13-6-5-7-14(12-13)16-10-11-17(2)15-8-3-4-9-15/h5-7,12,15-16H,3-4,8-11H2,1-2H3. The van der Waals surface area contributed by atoms with Gasteiger partial charge in [0.25, 0.3) is 0 Å². The van der Waals surface area contributed by atoms with Gasteiger partial charge in [-0.05, 0) is 44.5 Å². The van der Waals surface area contributed by atoms with E-state index in [9.17, 15) is 0 Å². The van der Waals surface area contributed by atoms with Gasteiger partial charge in [-0.2, -0.15) is 0 Å². The van der Waals surface area contributed by atoms with Crippen LogP contribution in [0.5, 0.6) is 0 Å². The van der Waals surface area contributed by atoms with Crippen LogP contribution in [0.4, 0.5) is 5.69 Å². The molecule has 0 bridgehead atoms. The van der Waals surface area contributed by atoms with Crippen LogP contribution < -0.4 is 5.32 Å². The zero-order valence-corrected chi connectivity index (χ0v) is 11.1. The molecule has 2 nitrogen and oxygen atoms in total. The number of hydrogen-bond donors (Lipinski definition) is 1. The summed E-state index contributed by atoms with van der Waals surface area (Å²) in [6.07, 6.45) is 5.61. The lowest BCUT2D eigenvalue weighted by Crippen LogP contribution is -2.33. The van der Waals surface area contributed by atoms with Crippen molar-refractivity contribution in [2.24, 2.45) is 0 Å². The lowest BCUT2D eigenvalue weighted by atomic mass is 10.2. The van der Waals surface area contributed by atoms with Gasteiger partial charge in [0.05, 0.1) is 0 Å². The normalized spacial score (nSPS) is 16.6. The summed E-state index contributed by atoms with van der Waals surface area (Å²) in [5.41, 5.74) is 2.56. The summed E-state index contributed by atoms with van der Waals surface area (Å²) in [6, 6.07) is 9.42. The predicted molar refractivity (Wildman–Crippen MR) is 74.6 cm³/mol. The fourth-order valence-electron chi connectivity index (χ4n) is 2.66. The molecule has 2 heteroatoms. The molecular weight excluding hydrogens is 208 g/mol. The molecule has 2 rings (SSSR count). The van der Waals surface area contributed by atoms with Gasteiger partial charge in [-0.15, -0.1) is 0 Å². The second-order valence-corrected chi connectivity index (χ2v) is 5.22. The lowest BCUT2D eigenvalue weighted by molar-refractivity contribution is 0.254. The minimum atomic E-state index is 0.828. The third kappa shape index (κ3) is 3.74. The molecule has 0 saturated heterocycles. The topological polar surface area (TPSA) is 15.3 Å². The number of anilines is 1. The van der Waals surface area contributed by atoms with E-state index in [-0.39, 0.29) is 0 Å². The molecule has 1 aliphatic rings. The largest absolute Gasteiger partial charge is 0.384 e. The monoisotopic (exact) mass is 232 g/mol. The SMILES string of the molecule is Cc1cccc(NCCN(C)C2CCCC2)c1. The van der Waals surface area contributed by atoms with Crippen molar-refractivity contribution in [2.45, 2.75) is 38.6 Å². The zero-order valence-electron chi connectivity index (χ0n) is 11.1. The first-order valence-electron chi connectivity index (χ1n) is 6.76. The molecule has 1 aromatic carbocycles. The van der Waals surface area contributed by atoms with Crippen LogP contribution >= 0.6 is 0 Å². The highest BCUT2D eigenvalue weighted by Gasteiger charge is 2.18. The first kappa shape index (κ1) is 12.4. The molecule has 0 radical (unpaired) electrons. The Bertz CT molecular complexity index is 343. The molecule has 17 heavy (non-hydrogen) atoms. The Labute approximate surface area is 105 Å². The van der Waals surface area contributed by atoms with E-state index in [1.165, 1.54) is 36.9 Å². The summed E-state index contributed by atoms with van der Waals surface area (Å²) in [7, 11) is 2.26. The number of hydrogen-bond acceptors (Lipinski definition) is 2. The van der Waals surface area contributed by atoms with Crippen LogP contribution in [0.3, 0.4) is 0 Å². The Morgan fingerprint density at radius 2 is 2.06 bits per heavy atom. The smallest absolute Gasteiger partial charge is 0.0343 e. The molecule has 94 valence electrons. The molecular formula is C15H24N2. The Morgan fingerprint density at radius 3 is 2.76 bits per heavy atom. The van der Waals surface area contributed by atoms with E-state index in [2.05, 4.69) is 48.5 Å². The fraction of sp³-hybridized carbons (Fsp3) is 0.600. The summed E-state index contributed by atoms with van der Waals surface area (Å²) < 4.78 is 0. The molecule has 1 fully saturated rings. The maximum atomic E-state index is 3.50. The number of benzene rings is 1. The summed E-state index contributed by atoms with van der Waals surface area (Å²) in [4.78, 5) is 2.51. The van der Waals surface area contributed by atoms with Crippen molar-refractivity contribution >= 4 is 5.69 Å². The fourth-order valence-corrected chi connectivity index (χ4v) is 2.66. The first-order valence-corrected chi connectivity index (χ1v) is 6.76. The van der Waals surface area contributed by atoms with Crippen molar-refractivity contribution in [1.29, 1.82) is 0 Å². The number of rotatable bonds is 5. The minimum absolute atomic E-state index is 0.828. The molecule has 0 unspecified atom stereocenters. The number of likely N-dealkylation sites (N-methyl/N-ethyl adjacent to an activating group) is 1. The van der Waals surface area contributed by atoms with Crippen molar-refractivity contribution < 1.29 is 0 Å². The molecule has 0 aromatic heterocycles. The molecule has 0 atom stereocenters. The van der Waals surface area contributed by atoms with E-state index < -0.39 is 0 Å². The summed E-state index contributed by atoms with van der Waals surface area (Å²) >= 11 is 0. The van der Waals surface area contributed by atoms with Gasteiger partial charge < -0.3 is 10.2 Å².